The summed E-state index contributed by atoms with van der Waals surface area (Å²) < 4.78 is 16.1. The van der Waals surface area contributed by atoms with Gasteiger partial charge < -0.3 is 19.5 Å². The van der Waals surface area contributed by atoms with E-state index >= 15 is 0 Å². The van der Waals surface area contributed by atoms with Crippen LogP contribution in [0.3, 0.4) is 0 Å². The molecular weight excluding hydrogens is 520 g/mol. The topological polar surface area (TPSA) is 93.2 Å². The third kappa shape index (κ3) is 7.23. The van der Waals surface area contributed by atoms with Crippen LogP contribution in [-0.4, -0.2) is 86.8 Å². The third-order valence-corrected chi connectivity index (χ3v) is 7.73. The van der Waals surface area contributed by atoms with Crippen molar-refractivity contribution in [1.82, 2.24) is 14.8 Å². The van der Waals surface area contributed by atoms with Gasteiger partial charge in [-0.2, -0.15) is 0 Å². The van der Waals surface area contributed by atoms with Crippen molar-refractivity contribution in [3.8, 4) is 11.5 Å². The smallest absolute Gasteiger partial charge is 0.330 e. The zero-order valence-corrected chi connectivity index (χ0v) is 23.9. The number of amides is 1. The summed E-state index contributed by atoms with van der Waals surface area (Å²) in [4.78, 5) is 33.9. The Morgan fingerprint density at radius 3 is 2.56 bits per heavy atom. The first kappa shape index (κ1) is 28.6. The van der Waals surface area contributed by atoms with Gasteiger partial charge in [-0.1, -0.05) is 24.3 Å². The lowest BCUT2D eigenvalue weighted by molar-refractivity contribution is -0.134. The molecule has 9 nitrogen and oxygen atoms in total. The van der Waals surface area contributed by atoms with Crippen LogP contribution in [0.15, 0.2) is 48.5 Å². The molecule has 1 saturated heterocycles. The minimum Gasteiger partial charge on any atom is -0.493 e. The number of carbonyl (C=O) groups excluding carboxylic acids is 2. The molecule has 1 amide bonds. The lowest BCUT2D eigenvalue weighted by Gasteiger charge is -2.34. The minimum absolute atomic E-state index is 0.0304. The number of benzene rings is 2. The van der Waals surface area contributed by atoms with Gasteiger partial charge in [-0.25, -0.2) is 4.79 Å². The molecule has 2 aromatic carbocycles. The second-order valence-corrected chi connectivity index (χ2v) is 10.4. The molecule has 5 rings (SSSR count). The molecule has 1 aliphatic heterocycles. The van der Waals surface area contributed by atoms with Gasteiger partial charge in [0.2, 0.25) is 5.91 Å². The van der Waals surface area contributed by atoms with Gasteiger partial charge >= 0.3 is 5.97 Å². The number of rotatable bonds is 10. The third-order valence-electron chi connectivity index (χ3n) is 7.73. The van der Waals surface area contributed by atoms with Crippen LogP contribution in [0.2, 0.25) is 0 Å². The summed E-state index contributed by atoms with van der Waals surface area (Å²) in [5.41, 5.74) is 5.05. The van der Waals surface area contributed by atoms with Crippen molar-refractivity contribution < 1.29 is 23.8 Å². The number of fused-ring (bicyclic) bond motifs is 2. The van der Waals surface area contributed by atoms with Gasteiger partial charge in [-0.05, 0) is 61.1 Å². The highest BCUT2D eigenvalue weighted by Gasteiger charge is 2.22. The van der Waals surface area contributed by atoms with Crippen molar-refractivity contribution in [2.24, 2.45) is 0 Å². The van der Waals surface area contributed by atoms with E-state index in [1.165, 1.54) is 18.7 Å². The Kier molecular flexibility index (Phi) is 9.48. The van der Waals surface area contributed by atoms with Crippen molar-refractivity contribution in [2.75, 3.05) is 65.4 Å². The molecule has 0 radical (unpaired) electrons. The van der Waals surface area contributed by atoms with Gasteiger partial charge in [0.15, 0.2) is 11.5 Å². The highest BCUT2D eigenvalue weighted by atomic mass is 16.5. The van der Waals surface area contributed by atoms with Crippen molar-refractivity contribution in [1.29, 1.82) is 0 Å². The first-order chi connectivity index (χ1) is 20.0. The highest BCUT2D eigenvalue weighted by molar-refractivity contribution is 6.03. The number of ether oxygens (including phenoxy) is 3. The number of methoxy groups -OCH3 is 2. The molecule has 0 saturated carbocycles. The van der Waals surface area contributed by atoms with Crippen LogP contribution in [0.1, 0.15) is 29.7 Å². The SMILES string of the molecule is COC(=O)/C=C/c1ccc(OCCN2CCN(CC(=O)Nc3c4c(nc5ccccc35)CCCC4)CC2)c(OC)c1. The summed E-state index contributed by atoms with van der Waals surface area (Å²) in [6.07, 6.45) is 7.26. The highest BCUT2D eigenvalue weighted by Crippen LogP contribution is 2.33. The largest absolute Gasteiger partial charge is 0.493 e. The molecule has 1 fully saturated rings. The summed E-state index contributed by atoms with van der Waals surface area (Å²) in [5.74, 6) is 0.883. The quantitative estimate of drug-likeness (QED) is 0.296. The van der Waals surface area contributed by atoms with Crippen molar-refractivity contribution >= 4 is 34.5 Å². The summed E-state index contributed by atoms with van der Waals surface area (Å²) in [5, 5.41) is 4.29. The standard InChI is InChI=1S/C32H38N4O5/c1-39-29-21-23(12-14-31(38)40-2)11-13-28(29)41-20-19-35-15-17-36(18-16-35)22-30(37)34-32-24-7-3-5-9-26(24)33-27-10-6-4-8-25(27)32/h3,5,7,9,11-14,21H,4,6,8,10,15-20,22H2,1-2H3,(H,33,34,37)/b14-12+. The van der Waals surface area contributed by atoms with Gasteiger partial charge in [-0.15, -0.1) is 0 Å². The Balaban J connectivity index is 1.09. The van der Waals surface area contributed by atoms with Crippen molar-refractivity contribution in [2.45, 2.75) is 25.7 Å². The van der Waals surface area contributed by atoms with E-state index in [1.54, 1.807) is 13.2 Å². The predicted octanol–water partition coefficient (Wildman–Crippen LogP) is 3.94. The second kappa shape index (κ2) is 13.6. The van der Waals surface area contributed by atoms with E-state index in [0.717, 1.165) is 86.3 Å². The number of hydrogen-bond donors (Lipinski definition) is 1. The molecule has 216 valence electrons. The first-order valence-electron chi connectivity index (χ1n) is 14.3. The lowest BCUT2D eigenvalue weighted by atomic mass is 9.92. The lowest BCUT2D eigenvalue weighted by Crippen LogP contribution is -2.49. The second-order valence-electron chi connectivity index (χ2n) is 10.4. The Hall–Kier alpha value is -3.95. The van der Waals surface area contributed by atoms with E-state index in [4.69, 9.17) is 14.5 Å². The van der Waals surface area contributed by atoms with Crippen LogP contribution in [0.4, 0.5) is 5.69 Å². The minimum atomic E-state index is -0.411. The fourth-order valence-corrected chi connectivity index (χ4v) is 5.49. The Morgan fingerprint density at radius 2 is 1.76 bits per heavy atom. The van der Waals surface area contributed by atoms with E-state index in [2.05, 4.69) is 25.9 Å². The van der Waals surface area contributed by atoms with Gasteiger partial charge in [0.05, 0.1) is 32.0 Å². The number of anilines is 1. The van der Waals surface area contributed by atoms with Crippen LogP contribution in [-0.2, 0) is 27.2 Å². The van der Waals surface area contributed by atoms with Gasteiger partial charge in [0.25, 0.3) is 0 Å². The van der Waals surface area contributed by atoms with Crippen LogP contribution in [0, 0.1) is 0 Å². The van der Waals surface area contributed by atoms with Gasteiger partial charge in [-0.3, -0.25) is 19.6 Å². The van der Waals surface area contributed by atoms with E-state index in [1.807, 2.05) is 36.4 Å². The maximum atomic E-state index is 13.1. The predicted molar refractivity (Wildman–Crippen MR) is 159 cm³/mol. The molecule has 41 heavy (non-hydrogen) atoms. The molecule has 2 heterocycles. The average Bonchev–Trinajstić information content (AvgIpc) is 3.01. The molecular formula is C32H38N4O5. The molecule has 0 spiro atoms. The van der Waals surface area contributed by atoms with Crippen LogP contribution < -0.4 is 14.8 Å². The van der Waals surface area contributed by atoms with Gasteiger partial charge in [0.1, 0.15) is 6.61 Å². The normalized spacial score (nSPS) is 16.0. The van der Waals surface area contributed by atoms with Crippen LogP contribution in [0.25, 0.3) is 17.0 Å². The molecule has 0 bridgehead atoms. The Bertz CT molecular complexity index is 1410. The fraction of sp³-hybridized carbons (Fsp3) is 0.406. The number of aromatic nitrogens is 1. The molecule has 1 aliphatic carbocycles. The molecule has 3 aromatic rings. The number of nitrogens with zero attached hydrogens (tertiary/aromatic N) is 3. The molecule has 0 atom stereocenters. The molecule has 9 heteroatoms. The molecule has 1 N–H and O–H groups in total. The summed E-state index contributed by atoms with van der Waals surface area (Å²) in [6, 6.07) is 13.6. The number of para-hydroxylation sites is 1. The monoisotopic (exact) mass is 558 g/mol. The zero-order valence-electron chi connectivity index (χ0n) is 23.9. The van der Waals surface area contributed by atoms with Crippen LogP contribution in [0.5, 0.6) is 11.5 Å². The van der Waals surface area contributed by atoms with Gasteiger partial charge in [0, 0.05) is 49.9 Å². The summed E-state index contributed by atoms with van der Waals surface area (Å²) >= 11 is 0. The van der Waals surface area contributed by atoms with E-state index in [9.17, 15) is 9.59 Å². The molecule has 1 aromatic heterocycles. The Labute approximate surface area is 241 Å². The maximum absolute atomic E-state index is 13.1. The van der Waals surface area contributed by atoms with Crippen molar-refractivity contribution in [3.05, 3.63) is 65.4 Å². The van der Waals surface area contributed by atoms with Crippen LogP contribution >= 0.6 is 0 Å². The van der Waals surface area contributed by atoms with Crippen molar-refractivity contribution in [3.63, 3.8) is 0 Å². The van der Waals surface area contributed by atoms with E-state index < -0.39 is 5.97 Å². The number of carbonyl (C=O) groups is 2. The summed E-state index contributed by atoms with van der Waals surface area (Å²) in [6.45, 7) is 5.08. The molecule has 0 unspecified atom stereocenters. The van der Waals surface area contributed by atoms with E-state index in [0.29, 0.717) is 24.7 Å². The number of piperazine rings is 1. The van der Waals surface area contributed by atoms with E-state index in [-0.39, 0.29) is 5.91 Å². The fourth-order valence-electron chi connectivity index (χ4n) is 5.49. The maximum Gasteiger partial charge on any atom is 0.330 e. The number of nitrogens with one attached hydrogen (secondary N) is 1. The number of pyridine rings is 1. The molecule has 2 aliphatic rings. The average molecular weight is 559 g/mol. The first-order valence-corrected chi connectivity index (χ1v) is 14.3. The zero-order chi connectivity index (χ0) is 28.6. The number of hydrogen-bond acceptors (Lipinski definition) is 8. The summed E-state index contributed by atoms with van der Waals surface area (Å²) in [7, 11) is 2.94. The number of aryl methyl sites for hydroxylation is 1. The Morgan fingerprint density at radius 1 is 0.976 bits per heavy atom. The number of esters is 1.